The topological polar surface area (TPSA) is 70.0 Å². The summed E-state index contributed by atoms with van der Waals surface area (Å²) < 4.78 is 0. The molecule has 29 heavy (non-hydrogen) atoms. The minimum atomic E-state index is -0.461. The van der Waals surface area contributed by atoms with Gasteiger partial charge in [0.05, 0.1) is 0 Å². The normalized spacial score (nSPS) is 16.6. The number of amides is 2. The molecule has 4 nitrogen and oxygen atoms in total. The Hall–Kier alpha value is 0.234. The number of rotatable bonds is 11. The van der Waals surface area contributed by atoms with E-state index in [-0.39, 0.29) is 52.4 Å². The third-order valence-electron chi connectivity index (χ3n) is 5.38. The zero-order valence-corrected chi connectivity index (χ0v) is 22.1. The number of nitrogens with one attached hydrogen (secondary N) is 2. The van der Waals surface area contributed by atoms with Gasteiger partial charge in [0.1, 0.15) is 0 Å². The molecule has 0 aromatic heterocycles. The van der Waals surface area contributed by atoms with Crippen molar-refractivity contribution in [3.8, 4) is 0 Å². The quantitative estimate of drug-likeness (QED) is 0.435. The average Bonchev–Trinajstić information content (AvgIpc) is 2.59. The third-order valence-corrected chi connectivity index (χ3v) is 5.38. The van der Waals surface area contributed by atoms with Crippen LogP contribution in [0.1, 0.15) is 118 Å². The van der Waals surface area contributed by atoms with Crippen LogP contribution in [-0.2, 0) is 31.3 Å². The van der Waals surface area contributed by atoms with Gasteiger partial charge in [-0.1, -0.05) is 66.2 Å². The maximum absolute atomic E-state index is 11.8. The van der Waals surface area contributed by atoms with Crippen LogP contribution in [-0.4, -0.2) is 17.9 Å². The number of unbranched alkanes of at least 4 members (excludes halogenated alkanes) is 2. The van der Waals surface area contributed by atoms with Gasteiger partial charge in [0.2, 0.25) is 5.91 Å². The molecule has 2 amide bonds. The van der Waals surface area contributed by atoms with Crippen molar-refractivity contribution in [3.05, 3.63) is 5.73 Å². The Kier molecular flexibility index (Phi) is 28.9. The molecule has 0 aromatic rings. The molecule has 1 rings (SSSR count). The molecule has 0 heterocycles. The smallest absolute Gasteiger partial charge is 1.00 e. The van der Waals surface area contributed by atoms with E-state index in [1.807, 2.05) is 6.92 Å². The van der Waals surface area contributed by atoms with Crippen LogP contribution in [0.4, 0.5) is 0 Å². The van der Waals surface area contributed by atoms with Crippen molar-refractivity contribution in [1.82, 2.24) is 5.32 Å². The summed E-state index contributed by atoms with van der Waals surface area (Å²) in [5.41, 5.74) is 6.86. The van der Waals surface area contributed by atoms with Gasteiger partial charge in [-0.25, -0.2) is 0 Å². The Morgan fingerprint density at radius 3 is 1.83 bits per heavy atom. The number of hydrogen-bond donors (Lipinski definition) is 1. The van der Waals surface area contributed by atoms with Gasteiger partial charge >= 0.3 is 21.7 Å². The second-order valence-corrected chi connectivity index (χ2v) is 7.99. The molecule has 1 radical (unpaired) electrons. The van der Waals surface area contributed by atoms with Gasteiger partial charge in [-0.3, -0.25) is 4.79 Å². The molecule has 0 aromatic carbocycles. The van der Waals surface area contributed by atoms with Crippen LogP contribution in [0, 0.1) is 5.41 Å². The zero-order chi connectivity index (χ0) is 19.8. The van der Waals surface area contributed by atoms with Crippen molar-refractivity contribution in [2.75, 3.05) is 0 Å². The Labute approximate surface area is 207 Å². The molecule has 0 bridgehead atoms. The molecule has 1 unspecified atom stereocenters. The Bertz CT molecular complexity index is 391. The first-order valence-electron chi connectivity index (χ1n) is 11.0. The SMILES string of the molecule is CCCC([NH-])=O.CCCCC1(CCCC)CCCC(NC(=O)CCC)C1.[Cl-].[Cl-].[Ti+3]. The van der Waals surface area contributed by atoms with Gasteiger partial charge in [0.25, 0.3) is 0 Å². The number of halogens is 2. The molecule has 0 saturated heterocycles. The average molecular weight is 486 g/mol. The van der Waals surface area contributed by atoms with Gasteiger partial charge < -0.3 is 40.7 Å². The van der Waals surface area contributed by atoms with Gasteiger partial charge in [-0.15, -0.1) is 0 Å². The van der Waals surface area contributed by atoms with Crippen LogP contribution in [0.25, 0.3) is 5.73 Å². The molecule has 2 N–H and O–H groups in total. The molecule has 1 aliphatic carbocycles. The van der Waals surface area contributed by atoms with Gasteiger partial charge in [-0.2, -0.15) is 0 Å². The fourth-order valence-electron chi connectivity index (χ4n) is 4.01. The predicted octanol–water partition coefficient (Wildman–Crippen LogP) is 0.583. The van der Waals surface area contributed by atoms with E-state index in [4.69, 9.17) is 5.73 Å². The predicted molar refractivity (Wildman–Crippen MR) is 111 cm³/mol. The summed E-state index contributed by atoms with van der Waals surface area (Å²) in [6.07, 6.45) is 15.9. The van der Waals surface area contributed by atoms with Crippen molar-refractivity contribution < 1.29 is 56.1 Å². The number of carbonyl (C=O) groups is 2. The first-order chi connectivity index (χ1) is 12.4. The van der Waals surface area contributed by atoms with Crippen LogP contribution in [0.5, 0.6) is 0 Å². The Morgan fingerprint density at radius 1 is 0.931 bits per heavy atom. The molecule has 1 saturated carbocycles. The summed E-state index contributed by atoms with van der Waals surface area (Å²) in [7, 11) is 0. The Morgan fingerprint density at radius 2 is 1.45 bits per heavy atom. The fourth-order valence-corrected chi connectivity index (χ4v) is 4.01. The molecule has 0 spiro atoms. The van der Waals surface area contributed by atoms with Crippen molar-refractivity contribution >= 4 is 11.8 Å². The molecule has 1 fully saturated rings. The van der Waals surface area contributed by atoms with E-state index in [9.17, 15) is 9.59 Å². The summed E-state index contributed by atoms with van der Waals surface area (Å²) in [5.74, 6) is -0.197. The fraction of sp³-hybridized carbons (Fsp3) is 0.909. The van der Waals surface area contributed by atoms with Crippen molar-refractivity contribution in [1.29, 1.82) is 0 Å². The molecule has 1 aliphatic rings. The van der Waals surface area contributed by atoms with Crippen LogP contribution in [0.2, 0.25) is 0 Å². The maximum atomic E-state index is 11.8. The number of hydrogen-bond acceptors (Lipinski definition) is 2. The summed E-state index contributed by atoms with van der Waals surface area (Å²) in [6, 6.07) is 0.441. The van der Waals surface area contributed by atoms with E-state index in [0.717, 1.165) is 12.8 Å². The van der Waals surface area contributed by atoms with Crippen LogP contribution in [0.3, 0.4) is 0 Å². The standard InChI is InChI=1S/C18H35NO.C4H9NO.2ClH.Ti/c1-4-7-12-18(13-8-5-2)14-9-11-16(15-18)19-17(20)10-6-3;1-2-3-4(5)6;;;/h16H,4-15H2,1-3H3,(H,19,20);2-3H2,1H3,(H2,5,6);2*1H;/q;;;;+3/p-3. The number of carbonyl (C=O) groups excluding carboxylic acids is 2. The first kappa shape index (κ1) is 36.6. The van der Waals surface area contributed by atoms with Gasteiger partial charge in [-0.05, 0) is 50.4 Å². The molecule has 0 aliphatic heterocycles. The van der Waals surface area contributed by atoms with Gasteiger partial charge in [0, 0.05) is 18.4 Å². The van der Waals surface area contributed by atoms with E-state index in [1.54, 1.807) is 0 Å². The maximum Gasteiger partial charge on any atom is 3.00 e. The molecule has 7 heteroatoms. The van der Waals surface area contributed by atoms with E-state index >= 15 is 0 Å². The minimum absolute atomic E-state index is 0. The van der Waals surface area contributed by atoms with Crippen LogP contribution >= 0.6 is 0 Å². The largest absolute Gasteiger partial charge is 3.00 e. The van der Waals surface area contributed by atoms with E-state index in [0.29, 0.717) is 24.3 Å². The zero-order valence-electron chi connectivity index (χ0n) is 19.0. The van der Waals surface area contributed by atoms with E-state index in [2.05, 4.69) is 26.1 Å². The summed E-state index contributed by atoms with van der Waals surface area (Å²) in [4.78, 5) is 21.5. The summed E-state index contributed by atoms with van der Waals surface area (Å²) in [5, 5.41) is 3.29. The van der Waals surface area contributed by atoms with Crippen molar-refractivity contribution in [2.24, 2.45) is 5.41 Å². The van der Waals surface area contributed by atoms with E-state index < -0.39 is 5.91 Å². The first-order valence-corrected chi connectivity index (χ1v) is 11.0. The van der Waals surface area contributed by atoms with Crippen molar-refractivity contribution in [2.45, 2.75) is 124 Å². The molecule has 1 atom stereocenters. The minimum Gasteiger partial charge on any atom is -1.00 e. The second kappa shape index (κ2) is 22.9. The molecular weight excluding hydrogens is 443 g/mol. The monoisotopic (exact) mass is 485 g/mol. The third kappa shape index (κ3) is 18.7. The summed E-state index contributed by atoms with van der Waals surface area (Å²) in [6.45, 7) is 8.54. The Balaban J connectivity index is -0.000000305. The second-order valence-electron chi connectivity index (χ2n) is 7.99. The van der Waals surface area contributed by atoms with Crippen LogP contribution in [0.15, 0.2) is 0 Å². The molecular formula is C22H43Cl2N2O2Ti. The van der Waals surface area contributed by atoms with Crippen molar-refractivity contribution in [3.63, 3.8) is 0 Å². The van der Waals surface area contributed by atoms with Gasteiger partial charge in [0.15, 0.2) is 0 Å². The molecule has 171 valence electrons. The summed E-state index contributed by atoms with van der Waals surface area (Å²) >= 11 is 0. The van der Waals surface area contributed by atoms with Crippen LogP contribution < -0.4 is 30.1 Å². The van der Waals surface area contributed by atoms with E-state index in [1.165, 1.54) is 64.2 Å².